The van der Waals surface area contributed by atoms with Crippen LogP contribution >= 0.6 is 0 Å². The number of nitrogens with one attached hydrogen (secondary N) is 1. The molecule has 0 spiro atoms. The molecule has 0 aliphatic carbocycles. The first-order valence-corrected chi connectivity index (χ1v) is 10.3. The van der Waals surface area contributed by atoms with Crippen LogP contribution in [0.25, 0.3) is 0 Å². The van der Waals surface area contributed by atoms with E-state index in [-0.39, 0.29) is 17.9 Å². The normalized spacial score (nSPS) is 14.3. The van der Waals surface area contributed by atoms with Crippen molar-refractivity contribution in [3.05, 3.63) is 52.7 Å². The van der Waals surface area contributed by atoms with Gasteiger partial charge < -0.3 is 19.9 Å². The average Bonchev–Trinajstić information content (AvgIpc) is 2.71. The molecule has 0 atom stereocenters. The molecule has 1 fully saturated rings. The molecule has 1 aliphatic heterocycles. The van der Waals surface area contributed by atoms with Gasteiger partial charge in [0.1, 0.15) is 17.5 Å². The van der Waals surface area contributed by atoms with Gasteiger partial charge in [0.05, 0.1) is 12.3 Å². The number of hydrogen-bond acceptors (Lipinski definition) is 5. The lowest BCUT2D eigenvalue weighted by atomic mass is 10.0. The van der Waals surface area contributed by atoms with Crippen LogP contribution in [-0.2, 0) is 17.8 Å². The third-order valence-corrected chi connectivity index (χ3v) is 5.07. The standard InChI is InChI=1S/C22H30FN5O2/c1-15(2)24-22(29)28-11-9-27(10-12-28)21-18(13-17-7-5-6-8-19(17)23)20(14-30-4)25-16(3)26-21/h5-8,15H,9-14H2,1-4H3,(H,24,29). The molecule has 2 aromatic rings. The fourth-order valence-corrected chi connectivity index (χ4v) is 3.63. The van der Waals surface area contributed by atoms with Crippen molar-refractivity contribution >= 4 is 11.8 Å². The van der Waals surface area contributed by atoms with Gasteiger partial charge in [-0.05, 0) is 32.4 Å². The summed E-state index contributed by atoms with van der Waals surface area (Å²) in [6, 6.07) is 6.81. The lowest BCUT2D eigenvalue weighted by Crippen LogP contribution is -2.53. The molecular formula is C22H30FN5O2. The monoisotopic (exact) mass is 415 g/mol. The number of methoxy groups -OCH3 is 1. The first kappa shape index (κ1) is 22.0. The second-order valence-electron chi connectivity index (χ2n) is 7.80. The largest absolute Gasteiger partial charge is 0.378 e. The van der Waals surface area contributed by atoms with Crippen molar-refractivity contribution in [1.29, 1.82) is 0 Å². The highest BCUT2D eigenvalue weighted by Crippen LogP contribution is 2.27. The summed E-state index contributed by atoms with van der Waals surface area (Å²) < 4.78 is 19.7. The topological polar surface area (TPSA) is 70.6 Å². The van der Waals surface area contributed by atoms with Crippen molar-refractivity contribution in [3.63, 3.8) is 0 Å². The molecule has 1 aromatic heterocycles. The van der Waals surface area contributed by atoms with Crippen molar-refractivity contribution in [2.45, 2.75) is 39.8 Å². The minimum absolute atomic E-state index is 0.0461. The van der Waals surface area contributed by atoms with Crippen molar-refractivity contribution < 1.29 is 13.9 Å². The summed E-state index contributed by atoms with van der Waals surface area (Å²) >= 11 is 0. The van der Waals surface area contributed by atoms with E-state index in [4.69, 9.17) is 9.72 Å². The predicted octanol–water partition coefficient (Wildman–Crippen LogP) is 2.90. The average molecular weight is 416 g/mol. The summed E-state index contributed by atoms with van der Waals surface area (Å²) in [5, 5.41) is 2.94. The minimum Gasteiger partial charge on any atom is -0.378 e. The second-order valence-corrected chi connectivity index (χ2v) is 7.80. The minimum atomic E-state index is -0.248. The zero-order chi connectivity index (χ0) is 21.7. The summed E-state index contributed by atoms with van der Waals surface area (Å²) in [5.74, 6) is 1.19. The number of rotatable bonds is 6. The molecule has 0 unspecified atom stereocenters. The summed E-state index contributed by atoms with van der Waals surface area (Å²) in [4.78, 5) is 25.5. The Morgan fingerprint density at radius 3 is 2.53 bits per heavy atom. The van der Waals surface area contributed by atoms with Crippen molar-refractivity contribution in [2.75, 3.05) is 38.2 Å². The first-order valence-electron chi connectivity index (χ1n) is 10.3. The number of ether oxygens (including phenoxy) is 1. The SMILES string of the molecule is COCc1nc(C)nc(N2CCN(C(=O)NC(C)C)CC2)c1Cc1ccccc1F. The molecule has 8 heteroatoms. The van der Waals surface area contributed by atoms with E-state index in [1.165, 1.54) is 6.07 Å². The molecular weight excluding hydrogens is 385 g/mol. The Labute approximate surface area is 177 Å². The highest BCUT2D eigenvalue weighted by Gasteiger charge is 2.26. The van der Waals surface area contributed by atoms with Gasteiger partial charge in [0, 0.05) is 51.3 Å². The fraction of sp³-hybridized carbons (Fsp3) is 0.500. The zero-order valence-electron chi connectivity index (χ0n) is 18.1. The zero-order valence-corrected chi connectivity index (χ0v) is 18.1. The number of benzene rings is 1. The van der Waals surface area contributed by atoms with Gasteiger partial charge in [-0.3, -0.25) is 0 Å². The molecule has 7 nitrogen and oxygen atoms in total. The maximum Gasteiger partial charge on any atom is 0.317 e. The number of carbonyl (C=O) groups is 1. The lowest BCUT2D eigenvalue weighted by molar-refractivity contribution is 0.180. The van der Waals surface area contributed by atoms with Gasteiger partial charge in [0.25, 0.3) is 0 Å². The Morgan fingerprint density at radius 1 is 1.20 bits per heavy atom. The number of anilines is 1. The van der Waals surface area contributed by atoms with E-state index in [9.17, 15) is 9.18 Å². The Balaban J connectivity index is 1.87. The number of hydrogen-bond donors (Lipinski definition) is 1. The summed E-state index contributed by atoms with van der Waals surface area (Å²) in [6.07, 6.45) is 0.384. The van der Waals surface area contributed by atoms with E-state index in [2.05, 4.69) is 15.2 Å². The summed E-state index contributed by atoms with van der Waals surface area (Å²) in [6.45, 7) is 8.57. The fourth-order valence-electron chi connectivity index (χ4n) is 3.63. The number of urea groups is 1. The lowest BCUT2D eigenvalue weighted by Gasteiger charge is -2.37. The van der Waals surface area contributed by atoms with Crippen LogP contribution in [0.3, 0.4) is 0 Å². The molecule has 30 heavy (non-hydrogen) atoms. The Bertz CT molecular complexity index is 882. The van der Waals surface area contributed by atoms with Crippen LogP contribution in [0.2, 0.25) is 0 Å². The molecule has 0 radical (unpaired) electrons. The van der Waals surface area contributed by atoms with E-state index < -0.39 is 0 Å². The van der Waals surface area contributed by atoms with Crippen LogP contribution < -0.4 is 10.2 Å². The van der Waals surface area contributed by atoms with Gasteiger partial charge in [-0.1, -0.05) is 18.2 Å². The van der Waals surface area contributed by atoms with Gasteiger partial charge in [-0.15, -0.1) is 0 Å². The van der Waals surface area contributed by atoms with Crippen LogP contribution in [0.15, 0.2) is 24.3 Å². The molecule has 1 aliphatic rings. The summed E-state index contributed by atoms with van der Waals surface area (Å²) in [5.41, 5.74) is 2.23. The molecule has 1 N–H and O–H groups in total. The molecule has 1 saturated heterocycles. The maximum absolute atomic E-state index is 14.4. The number of amides is 2. The van der Waals surface area contributed by atoms with E-state index in [1.807, 2.05) is 31.7 Å². The van der Waals surface area contributed by atoms with Crippen molar-refractivity contribution in [3.8, 4) is 0 Å². The van der Waals surface area contributed by atoms with E-state index in [0.29, 0.717) is 50.6 Å². The molecule has 2 heterocycles. The highest BCUT2D eigenvalue weighted by atomic mass is 19.1. The van der Waals surface area contributed by atoms with Crippen LogP contribution in [-0.4, -0.2) is 60.2 Å². The van der Waals surface area contributed by atoms with E-state index in [0.717, 1.165) is 17.1 Å². The number of halogens is 1. The molecule has 162 valence electrons. The maximum atomic E-state index is 14.4. The third-order valence-electron chi connectivity index (χ3n) is 5.07. The first-order chi connectivity index (χ1) is 14.4. The second kappa shape index (κ2) is 9.84. The number of nitrogens with zero attached hydrogens (tertiary/aromatic N) is 4. The number of piperazine rings is 1. The third kappa shape index (κ3) is 5.24. The quantitative estimate of drug-likeness (QED) is 0.786. The van der Waals surface area contributed by atoms with E-state index in [1.54, 1.807) is 19.2 Å². The van der Waals surface area contributed by atoms with Gasteiger partial charge in [0.2, 0.25) is 0 Å². The van der Waals surface area contributed by atoms with E-state index >= 15 is 0 Å². The Morgan fingerprint density at radius 2 is 1.90 bits per heavy atom. The molecule has 1 aromatic carbocycles. The van der Waals surface area contributed by atoms with Crippen LogP contribution in [0, 0.1) is 12.7 Å². The number of aryl methyl sites for hydroxylation is 1. The van der Waals surface area contributed by atoms with Crippen LogP contribution in [0.5, 0.6) is 0 Å². The molecule has 0 bridgehead atoms. The molecule has 2 amide bonds. The van der Waals surface area contributed by atoms with Crippen LogP contribution in [0.1, 0.15) is 36.5 Å². The number of aromatic nitrogens is 2. The highest BCUT2D eigenvalue weighted by molar-refractivity contribution is 5.74. The number of carbonyl (C=O) groups excluding carboxylic acids is 1. The van der Waals surface area contributed by atoms with Gasteiger partial charge >= 0.3 is 6.03 Å². The van der Waals surface area contributed by atoms with Crippen LogP contribution in [0.4, 0.5) is 15.0 Å². The van der Waals surface area contributed by atoms with Gasteiger partial charge in [-0.25, -0.2) is 19.2 Å². The summed E-state index contributed by atoms with van der Waals surface area (Å²) in [7, 11) is 1.62. The van der Waals surface area contributed by atoms with Gasteiger partial charge in [-0.2, -0.15) is 0 Å². The molecule has 3 rings (SSSR count). The predicted molar refractivity (Wildman–Crippen MR) is 114 cm³/mol. The smallest absolute Gasteiger partial charge is 0.317 e. The molecule has 0 saturated carbocycles. The van der Waals surface area contributed by atoms with Crippen molar-refractivity contribution in [1.82, 2.24) is 20.2 Å². The Hall–Kier alpha value is -2.74. The van der Waals surface area contributed by atoms with Gasteiger partial charge in [0.15, 0.2) is 0 Å². The Kier molecular flexibility index (Phi) is 7.20. The van der Waals surface area contributed by atoms with Crippen molar-refractivity contribution in [2.24, 2.45) is 0 Å².